The van der Waals surface area contributed by atoms with Crippen molar-refractivity contribution in [1.82, 2.24) is 0 Å². The van der Waals surface area contributed by atoms with E-state index in [1.807, 2.05) is 24.3 Å². The van der Waals surface area contributed by atoms with Gasteiger partial charge in [0.2, 0.25) is 5.91 Å². The molecule has 1 unspecified atom stereocenters. The standard InChI is InChI=1S/C12H15ClN2O/c13-9-3-1-8(2-4-9)7-10(11(14)16)12(15)5-6-12/h1-4,10H,5-7,15H2,(H2,14,16). The summed E-state index contributed by atoms with van der Waals surface area (Å²) in [6, 6.07) is 7.43. The topological polar surface area (TPSA) is 69.1 Å². The summed E-state index contributed by atoms with van der Waals surface area (Å²) in [5.74, 6) is -0.580. The number of nitrogens with two attached hydrogens (primary N) is 2. The fourth-order valence-corrected chi connectivity index (χ4v) is 2.06. The van der Waals surface area contributed by atoms with E-state index >= 15 is 0 Å². The Morgan fingerprint density at radius 1 is 1.38 bits per heavy atom. The minimum Gasteiger partial charge on any atom is -0.369 e. The van der Waals surface area contributed by atoms with Crippen LogP contribution in [0.15, 0.2) is 24.3 Å². The van der Waals surface area contributed by atoms with Crippen molar-refractivity contribution in [3.8, 4) is 0 Å². The maximum Gasteiger partial charge on any atom is 0.222 e. The van der Waals surface area contributed by atoms with E-state index in [9.17, 15) is 4.79 Å². The zero-order valence-corrected chi connectivity index (χ0v) is 9.70. The van der Waals surface area contributed by atoms with Crippen LogP contribution in [0.5, 0.6) is 0 Å². The van der Waals surface area contributed by atoms with Gasteiger partial charge in [-0.2, -0.15) is 0 Å². The molecule has 0 saturated heterocycles. The Balaban J connectivity index is 2.12. The second-order valence-electron chi connectivity index (χ2n) is 4.52. The van der Waals surface area contributed by atoms with Gasteiger partial charge < -0.3 is 11.5 Å². The van der Waals surface area contributed by atoms with Crippen LogP contribution in [-0.2, 0) is 11.2 Å². The lowest BCUT2D eigenvalue weighted by atomic mass is 9.90. The Bertz CT molecular complexity index is 398. The van der Waals surface area contributed by atoms with Crippen LogP contribution in [0.25, 0.3) is 0 Å². The summed E-state index contributed by atoms with van der Waals surface area (Å²) < 4.78 is 0. The summed E-state index contributed by atoms with van der Waals surface area (Å²) >= 11 is 5.80. The molecular formula is C12H15ClN2O. The van der Waals surface area contributed by atoms with Crippen molar-refractivity contribution in [2.24, 2.45) is 17.4 Å². The Labute approximate surface area is 99.8 Å². The van der Waals surface area contributed by atoms with Crippen molar-refractivity contribution in [3.05, 3.63) is 34.9 Å². The molecule has 2 rings (SSSR count). The van der Waals surface area contributed by atoms with Gasteiger partial charge in [-0.1, -0.05) is 23.7 Å². The fraction of sp³-hybridized carbons (Fsp3) is 0.417. The smallest absolute Gasteiger partial charge is 0.222 e. The summed E-state index contributed by atoms with van der Waals surface area (Å²) in [7, 11) is 0. The number of carbonyl (C=O) groups is 1. The Kier molecular flexibility index (Phi) is 2.91. The first-order valence-corrected chi connectivity index (χ1v) is 5.72. The number of amides is 1. The summed E-state index contributed by atoms with van der Waals surface area (Å²) in [6.07, 6.45) is 2.37. The van der Waals surface area contributed by atoms with Crippen molar-refractivity contribution in [3.63, 3.8) is 0 Å². The van der Waals surface area contributed by atoms with Crippen LogP contribution in [-0.4, -0.2) is 11.4 Å². The van der Waals surface area contributed by atoms with Crippen LogP contribution in [0.4, 0.5) is 0 Å². The molecule has 1 aliphatic carbocycles. The molecule has 0 heterocycles. The van der Waals surface area contributed by atoms with Gasteiger partial charge >= 0.3 is 0 Å². The van der Waals surface area contributed by atoms with Gasteiger partial charge in [0.25, 0.3) is 0 Å². The number of hydrogen-bond donors (Lipinski definition) is 2. The highest BCUT2D eigenvalue weighted by atomic mass is 35.5. The number of halogens is 1. The second-order valence-corrected chi connectivity index (χ2v) is 4.96. The molecule has 1 amide bonds. The molecule has 3 nitrogen and oxygen atoms in total. The third kappa shape index (κ3) is 2.36. The van der Waals surface area contributed by atoms with Gasteiger partial charge in [-0.05, 0) is 37.0 Å². The molecule has 0 spiro atoms. The van der Waals surface area contributed by atoms with E-state index in [2.05, 4.69) is 0 Å². The molecule has 1 fully saturated rings. The predicted molar refractivity (Wildman–Crippen MR) is 64.0 cm³/mol. The van der Waals surface area contributed by atoms with Crippen LogP contribution in [0.1, 0.15) is 18.4 Å². The maximum absolute atomic E-state index is 11.4. The lowest BCUT2D eigenvalue weighted by molar-refractivity contribution is -0.122. The van der Waals surface area contributed by atoms with Crippen LogP contribution in [0.3, 0.4) is 0 Å². The van der Waals surface area contributed by atoms with E-state index in [1.165, 1.54) is 0 Å². The number of rotatable bonds is 4. The van der Waals surface area contributed by atoms with Crippen LogP contribution >= 0.6 is 11.6 Å². The van der Waals surface area contributed by atoms with Gasteiger partial charge in [0.05, 0.1) is 5.92 Å². The molecule has 1 saturated carbocycles. The third-order valence-electron chi connectivity index (χ3n) is 3.22. The average Bonchev–Trinajstić information content (AvgIpc) is 2.96. The molecule has 4 N–H and O–H groups in total. The zero-order chi connectivity index (χ0) is 11.8. The monoisotopic (exact) mass is 238 g/mol. The van der Waals surface area contributed by atoms with Gasteiger partial charge in [-0.3, -0.25) is 4.79 Å². The van der Waals surface area contributed by atoms with Crippen molar-refractivity contribution < 1.29 is 4.79 Å². The molecule has 0 aliphatic heterocycles. The third-order valence-corrected chi connectivity index (χ3v) is 3.47. The van der Waals surface area contributed by atoms with Crippen molar-refractivity contribution >= 4 is 17.5 Å². The Morgan fingerprint density at radius 2 is 1.94 bits per heavy atom. The zero-order valence-electron chi connectivity index (χ0n) is 8.95. The van der Waals surface area contributed by atoms with Crippen molar-refractivity contribution in [1.29, 1.82) is 0 Å². The van der Waals surface area contributed by atoms with Gasteiger partial charge in [0, 0.05) is 10.6 Å². The van der Waals surface area contributed by atoms with Crippen LogP contribution in [0.2, 0.25) is 5.02 Å². The molecule has 0 bridgehead atoms. The molecule has 86 valence electrons. The molecule has 1 atom stereocenters. The highest BCUT2D eigenvalue weighted by molar-refractivity contribution is 6.30. The number of benzene rings is 1. The summed E-state index contributed by atoms with van der Waals surface area (Å²) in [5, 5.41) is 0.688. The first-order chi connectivity index (χ1) is 7.51. The normalized spacial score (nSPS) is 19.1. The van der Waals surface area contributed by atoms with Gasteiger partial charge in [-0.15, -0.1) is 0 Å². The number of carbonyl (C=O) groups excluding carboxylic acids is 1. The molecule has 4 heteroatoms. The second kappa shape index (κ2) is 4.07. The minimum absolute atomic E-state index is 0.270. The van der Waals surface area contributed by atoms with Gasteiger partial charge in [-0.25, -0.2) is 0 Å². The van der Waals surface area contributed by atoms with Gasteiger partial charge in [0.1, 0.15) is 0 Å². The molecular weight excluding hydrogens is 224 g/mol. The van der Waals surface area contributed by atoms with Crippen molar-refractivity contribution in [2.75, 3.05) is 0 Å². The SMILES string of the molecule is NC(=O)C(Cc1ccc(Cl)cc1)C1(N)CC1. The quantitative estimate of drug-likeness (QED) is 0.834. The highest BCUT2D eigenvalue weighted by Crippen LogP contribution is 2.41. The largest absolute Gasteiger partial charge is 0.369 e. The number of hydrogen-bond acceptors (Lipinski definition) is 2. The van der Waals surface area contributed by atoms with Crippen molar-refractivity contribution in [2.45, 2.75) is 24.8 Å². The summed E-state index contributed by atoms with van der Waals surface area (Å²) in [5.41, 5.74) is 12.1. The Hall–Kier alpha value is -1.06. The van der Waals surface area contributed by atoms with E-state index in [0.717, 1.165) is 18.4 Å². The molecule has 0 aromatic heterocycles. The lowest BCUT2D eigenvalue weighted by Gasteiger charge is -2.20. The predicted octanol–water partition coefficient (Wildman–Crippen LogP) is 1.48. The lowest BCUT2D eigenvalue weighted by Crippen LogP contribution is -2.42. The molecule has 0 radical (unpaired) electrons. The first kappa shape index (κ1) is 11.4. The molecule has 1 aromatic carbocycles. The maximum atomic E-state index is 11.4. The van der Waals surface area contributed by atoms with E-state index < -0.39 is 0 Å². The fourth-order valence-electron chi connectivity index (χ4n) is 1.94. The van der Waals surface area contributed by atoms with E-state index in [-0.39, 0.29) is 17.4 Å². The van der Waals surface area contributed by atoms with Crippen LogP contribution < -0.4 is 11.5 Å². The minimum atomic E-state index is -0.370. The highest BCUT2D eigenvalue weighted by Gasteiger charge is 2.48. The summed E-state index contributed by atoms with van der Waals surface area (Å²) in [4.78, 5) is 11.4. The molecule has 1 aliphatic rings. The average molecular weight is 239 g/mol. The van der Waals surface area contributed by atoms with Crippen LogP contribution in [0, 0.1) is 5.92 Å². The van der Waals surface area contributed by atoms with E-state index in [1.54, 1.807) is 0 Å². The first-order valence-electron chi connectivity index (χ1n) is 5.34. The van der Waals surface area contributed by atoms with E-state index in [0.29, 0.717) is 11.4 Å². The molecule has 16 heavy (non-hydrogen) atoms. The summed E-state index contributed by atoms with van der Waals surface area (Å²) in [6.45, 7) is 0. The van der Waals surface area contributed by atoms with Gasteiger partial charge in [0.15, 0.2) is 0 Å². The molecule has 1 aromatic rings. The number of primary amides is 1. The van der Waals surface area contributed by atoms with E-state index in [4.69, 9.17) is 23.1 Å². The Morgan fingerprint density at radius 3 is 2.38 bits per heavy atom.